The molecule has 10 heteroatoms. The summed E-state index contributed by atoms with van der Waals surface area (Å²) in [6.07, 6.45) is -4.08. The van der Waals surface area contributed by atoms with Crippen molar-refractivity contribution in [3.05, 3.63) is 65.7 Å². The largest absolute Gasteiger partial charge is 0.418 e. The fraction of sp³-hybridized carbons (Fsp3) is 0.318. The Balaban J connectivity index is 1.39. The maximum absolute atomic E-state index is 13.1. The minimum atomic E-state index is -4.61. The summed E-state index contributed by atoms with van der Waals surface area (Å²) >= 11 is 0. The smallest absolute Gasteiger partial charge is 0.342 e. The molecule has 0 saturated carbocycles. The van der Waals surface area contributed by atoms with E-state index in [9.17, 15) is 27.6 Å². The molecule has 0 aromatic heterocycles. The molecule has 0 bridgehead atoms. The number of halogens is 3. The van der Waals surface area contributed by atoms with Gasteiger partial charge in [0, 0.05) is 13.0 Å². The summed E-state index contributed by atoms with van der Waals surface area (Å²) < 4.78 is 39.4. The predicted octanol–water partition coefficient (Wildman–Crippen LogP) is 2.54. The summed E-state index contributed by atoms with van der Waals surface area (Å²) in [7, 11) is 0. The lowest BCUT2D eigenvalue weighted by Crippen LogP contribution is -2.61. The van der Waals surface area contributed by atoms with Gasteiger partial charge in [0.05, 0.1) is 17.3 Å². The van der Waals surface area contributed by atoms with Crippen LogP contribution in [0.25, 0.3) is 0 Å². The number of nitrogens with one attached hydrogen (secondary N) is 3. The van der Waals surface area contributed by atoms with Crippen LogP contribution < -0.4 is 16.0 Å². The number of fused-ring (bicyclic) bond motifs is 1. The zero-order valence-corrected chi connectivity index (χ0v) is 16.9. The Morgan fingerprint density at radius 1 is 1.06 bits per heavy atom. The van der Waals surface area contributed by atoms with Gasteiger partial charge in [-0.1, -0.05) is 42.5 Å². The van der Waals surface area contributed by atoms with Crippen molar-refractivity contribution in [3.63, 3.8) is 0 Å². The van der Waals surface area contributed by atoms with E-state index >= 15 is 0 Å². The number of urea groups is 1. The zero-order valence-electron chi connectivity index (χ0n) is 16.9. The number of anilines is 1. The van der Waals surface area contributed by atoms with Gasteiger partial charge < -0.3 is 20.9 Å². The third-order valence-electron chi connectivity index (χ3n) is 5.60. The fourth-order valence-electron chi connectivity index (χ4n) is 4.13. The summed E-state index contributed by atoms with van der Waals surface area (Å²) in [5, 5.41) is 7.53. The number of rotatable bonds is 4. The first-order valence-electron chi connectivity index (χ1n) is 10.1. The van der Waals surface area contributed by atoms with Crippen LogP contribution in [-0.4, -0.2) is 47.4 Å². The molecule has 2 aliphatic heterocycles. The van der Waals surface area contributed by atoms with Gasteiger partial charge in [-0.3, -0.25) is 9.59 Å². The maximum Gasteiger partial charge on any atom is 0.418 e. The average Bonchev–Trinajstić information content (AvgIpc) is 3.16. The topological polar surface area (TPSA) is 90.5 Å². The molecule has 32 heavy (non-hydrogen) atoms. The maximum atomic E-state index is 13.1. The lowest BCUT2D eigenvalue weighted by molar-refractivity contribution is -0.147. The second kappa shape index (κ2) is 8.52. The molecule has 2 saturated heterocycles. The number of nitrogens with zero attached hydrogens (tertiary/aromatic N) is 1. The molecule has 4 amide bonds. The summed E-state index contributed by atoms with van der Waals surface area (Å²) in [5.41, 5.74) is -0.427. The van der Waals surface area contributed by atoms with Gasteiger partial charge >= 0.3 is 12.2 Å². The van der Waals surface area contributed by atoms with Crippen LogP contribution in [-0.2, 0) is 22.2 Å². The van der Waals surface area contributed by atoms with Gasteiger partial charge in [-0.05, 0) is 24.1 Å². The van der Waals surface area contributed by atoms with Gasteiger partial charge in [0.15, 0.2) is 0 Å². The van der Waals surface area contributed by atoms with Crippen LogP contribution in [0.15, 0.2) is 54.6 Å². The molecule has 2 aromatic rings. The van der Waals surface area contributed by atoms with Crippen molar-refractivity contribution in [1.82, 2.24) is 15.5 Å². The molecule has 4 rings (SSSR count). The number of amides is 4. The molecular formula is C22H21F3N4O3. The van der Waals surface area contributed by atoms with Gasteiger partial charge in [-0.2, -0.15) is 13.2 Å². The summed E-state index contributed by atoms with van der Waals surface area (Å²) in [5.74, 6) is -0.553. The zero-order chi connectivity index (χ0) is 22.9. The van der Waals surface area contributed by atoms with Crippen LogP contribution >= 0.6 is 0 Å². The normalized spacial score (nSPS) is 22.8. The van der Waals surface area contributed by atoms with Gasteiger partial charge in [-0.15, -0.1) is 0 Å². The van der Waals surface area contributed by atoms with E-state index < -0.39 is 35.9 Å². The molecule has 0 radical (unpaired) electrons. The number of benzene rings is 2. The quantitative estimate of drug-likeness (QED) is 0.674. The molecular weight excluding hydrogens is 425 g/mol. The van der Waals surface area contributed by atoms with Gasteiger partial charge in [0.2, 0.25) is 11.8 Å². The van der Waals surface area contributed by atoms with Gasteiger partial charge in [0.1, 0.15) is 12.1 Å². The second-order valence-corrected chi connectivity index (χ2v) is 7.83. The summed E-state index contributed by atoms with van der Waals surface area (Å²) in [6.45, 7) is 0.108. The molecule has 2 fully saturated rings. The summed E-state index contributed by atoms with van der Waals surface area (Å²) in [6, 6.07) is 11.1. The minimum Gasteiger partial charge on any atom is -0.342 e. The number of carbonyl (C=O) groups is 3. The Hall–Kier alpha value is -3.56. The van der Waals surface area contributed by atoms with Crippen molar-refractivity contribution < 1.29 is 27.6 Å². The molecule has 168 valence electrons. The third-order valence-corrected chi connectivity index (χ3v) is 5.60. The van der Waals surface area contributed by atoms with Crippen LogP contribution in [0.5, 0.6) is 0 Å². The lowest BCUT2D eigenvalue weighted by Gasteiger charge is -2.34. The van der Waals surface area contributed by atoms with E-state index in [1.165, 1.54) is 17.0 Å². The van der Waals surface area contributed by atoms with E-state index in [0.29, 0.717) is 6.42 Å². The summed E-state index contributed by atoms with van der Waals surface area (Å²) in [4.78, 5) is 39.2. The van der Waals surface area contributed by atoms with E-state index in [2.05, 4.69) is 16.0 Å². The molecule has 7 nitrogen and oxygen atoms in total. The number of hydrogen-bond acceptors (Lipinski definition) is 3. The number of para-hydroxylation sites is 1. The van der Waals surface area contributed by atoms with E-state index in [0.717, 1.165) is 17.7 Å². The van der Waals surface area contributed by atoms with Gasteiger partial charge in [-0.25, -0.2) is 4.79 Å². The fourth-order valence-corrected chi connectivity index (χ4v) is 4.13. The number of hydrogen-bond donors (Lipinski definition) is 3. The molecule has 3 atom stereocenters. The average molecular weight is 446 g/mol. The monoisotopic (exact) mass is 446 g/mol. The number of piperazine rings is 1. The van der Waals surface area contributed by atoms with E-state index in [4.69, 9.17) is 0 Å². The first-order valence-corrected chi connectivity index (χ1v) is 10.1. The molecule has 2 aromatic carbocycles. The first-order chi connectivity index (χ1) is 15.2. The van der Waals surface area contributed by atoms with Gasteiger partial charge in [0.25, 0.3) is 0 Å². The van der Waals surface area contributed by atoms with Crippen LogP contribution in [0.3, 0.4) is 0 Å². The Morgan fingerprint density at radius 3 is 2.47 bits per heavy atom. The molecule has 3 N–H and O–H groups in total. The first kappa shape index (κ1) is 21.7. The SMILES string of the molecule is O=C(Nc1ccccc1C(F)(F)F)N[C@H]1C[C@H]2C(=O)N[C@H](Cc3ccccc3)C(=O)N2C1. The lowest BCUT2D eigenvalue weighted by atomic mass is 10.0. The molecule has 2 heterocycles. The highest BCUT2D eigenvalue weighted by atomic mass is 19.4. The highest BCUT2D eigenvalue weighted by Crippen LogP contribution is 2.34. The number of carbonyl (C=O) groups excluding carboxylic acids is 3. The predicted molar refractivity (Wildman–Crippen MR) is 110 cm³/mol. The highest BCUT2D eigenvalue weighted by molar-refractivity contribution is 5.98. The van der Waals surface area contributed by atoms with E-state index in [1.807, 2.05) is 30.3 Å². The van der Waals surface area contributed by atoms with E-state index in [-0.39, 0.29) is 30.5 Å². The van der Waals surface area contributed by atoms with Crippen molar-refractivity contribution in [2.45, 2.75) is 37.1 Å². The van der Waals surface area contributed by atoms with Crippen LogP contribution in [0.1, 0.15) is 17.5 Å². The number of alkyl halides is 3. The second-order valence-electron chi connectivity index (χ2n) is 7.83. The molecule has 0 unspecified atom stereocenters. The Kier molecular flexibility index (Phi) is 5.77. The van der Waals surface area contributed by atoms with Crippen molar-refractivity contribution in [2.24, 2.45) is 0 Å². The Labute approximate surface area is 182 Å². The standard InChI is InChI=1S/C22H21F3N4O3/c23-22(24,25)15-8-4-5-9-16(15)28-21(32)26-14-11-18-19(30)27-17(20(31)29(18)12-14)10-13-6-2-1-3-7-13/h1-9,14,17-18H,10-12H2,(H,27,30)(H2,26,28,32)/t14-,17+,18-/m0/s1. The van der Waals surface area contributed by atoms with Crippen LogP contribution in [0.2, 0.25) is 0 Å². The van der Waals surface area contributed by atoms with Crippen LogP contribution in [0, 0.1) is 0 Å². The Bertz CT molecular complexity index is 1030. The highest BCUT2D eigenvalue weighted by Gasteiger charge is 2.46. The van der Waals surface area contributed by atoms with Crippen LogP contribution in [0.4, 0.5) is 23.7 Å². The van der Waals surface area contributed by atoms with Crippen molar-refractivity contribution >= 4 is 23.5 Å². The van der Waals surface area contributed by atoms with E-state index in [1.54, 1.807) is 0 Å². The van der Waals surface area contributed by atoms with Crippen molar-refractivity contribution in [3.8, 4) is 0 Å². The molecule has 2 aliphatic rings. The Morgan fingerprint density at radius 2 is 1.75 bits per heavy atom. The molecule has 0 aliphatic carbocycles. The van der Waals surface area contributed by atoms with Crippen molar-refractivity contribution in [2.75, 3.05) is 11.9 Å². The molecule has 0 spiro atoms. The van der Waals surface area contributed by atoms with Crippen molar-refractivity contribution in [1.29, 1.82) is 0 Å². The minimum absolute atomic E-state index is 0.108. The third kappa shape index (κ3) is 4.53.